The van der Waals surface area contributed by atoms with Gasteiger partial charge in [0, 0.05) is 12.6 Å². The highest BCUT2D eigenvalue weighted by molar-refractivity contribution is 6.35. The van der Waals surface area contributed by atoms with E-state index in [0.29, 0.717) is 6.54 Å². The van der Waals surface area contributed by atoms with Gasteiger partial charge in [-0.2, -0.15) is 0 Å². The monoisotopic (exact) mass is 260 g/mol. The fraction of sp³-hybridized carbons (Fsp3) is 0.467. The molecule has 1 aliphatic rings. The Bertz CT molecular complexity index is 425. The molecule has 1 saturated carbocycles. The Balaban J connectivity index is 1.67. The highest BCUT2D eigenvalue weighted by atomic mass is 16.2. The summed E-state index contributed by atoms with van der Waals surface area (Å²) in [6, 6.07) is 10.1. The van der Waals surface area contributed by atoms with Gasteiger partial charge >= 0.3 is 11.8 Å². The standard InChI is InChI=1S/C15H20N2O2/c18-14(15(19)17-13-8-4-5-9-13)16-11-10-12-6-2-1-3-7-12/h1-3,6-7,13H,4-5,8-11H2,(H,16,18)(H,17,19). The molecule has 1 fully saturated rings. The molecule has 4 heteroatoms. The lowest BCUT2D eigenvalue weighted by Gasteiger charge is -2.11. The van der Waals surface area contributed by atoms with Gasteiger partial charge in [0.15, 0.2) is 0 Å². The molecular weight excluding hydrogens is 240 g/mol. The van der Waals surface area contributed by atoms with Crippen LogP contribution in [0.1, 0.15) is 31.2 Å². The largest absolute Gasteiger partial charge is 0.348 e. The summed E-state index contributed by atoms with van der Waals surface area (Å²) in [6.07, 6.45) is 5.00. The van der Waals surface area contributed by atoms with Crippen LogP contribution in [0.2, 0.25) is 0 Å². The van der Waals surface area contributed by atoms with Gasteiger partial charge < -0.3 is 10.6 Å². The van der Waals surface area contributed by atoms with Crippen LogP contribution in [-0.2, 0) is 16.0 Å². The van der Waals surface area contributed by atoms with E-state index in [-0.39, 0.29) is 6.04 Å². The molecule has 0 atom stereocenters. The maximum absolute atomic E-state index is 11.6. The average molecular weight is 260 g/mol. The Morgan fingerprint density at radius 3 is 2.42 bits per heavy atom. The first-order valence-electron chi connectivity index (χ1n) is 6.88. The molecule has 1 aromatic rings. The Morgan fingerprint density at radius 2 is 1.74 bits per heavy atom. The number of hydrogen-bond acceptors (Lipinski definition) is 2. The summed E-state index contributed by atoms with van der Waals surface area (Å²) in [4.78, 5) is 23.2. The maximum Gasteiger partial charge on any atom is 0.309 e. The van der Waals surface area contributed by atoms with E-state index in [4.69, 9.17) is 0 Å². The number of hydrogen-bond donors (Lipinski definition) is 2. The normalized spacial score (nSPS) is 15.2. The van der Waals surface area contributed by atoms with Crippen LogP contribution in [0.15, 0.2) is 30.3 Å². The van der Waals surface area contributed by atoms with E-state index in [1.165, 1.54) is 0 Å². The predicted octanol–water partition coefficient (Wildman–Crippen LogP) is 1.40. The first kappa shape index (κ1) is 13.6. The van der Waals surface area contributed by atoms with Gasteiger partial charge in [0.2, 0.25) is 0 Å². The summed E-state index contributed by atoms with van der Waals surface area (Å²) in [5, 5.41) is 5.43. The topological polar surface area (TPSA) is 58.2 Å². The van der Waals surface area contributed by atoms with Crippen LogP contribution in [0.3, 0.4) is 0 Å². The second-order valence-electron chi connectivity index (χ2n) is 4.95. The van der Waals surface area contributed by atoms with E-state index in [9.17, 15) is 9.59 Å². The summed E-state index contributed by atoms with van der Waals surface area (Å²) < 4.78 is 0. The third kappa shape index (κ3) is 4.39. The molecule has 0 saturated heterocycles. The molecule has 0 aromatic heterocycles. The van der Waals surface area contributed by atoms with Gasteiger partial charge in [-0.05, 0) is 24.8 Å². The summed E-state index contributed by atoms with van der Waals surface area (Å²) >= 11 is 0. The first-order chi connectivity index (χ1) is 9.25. The molecule has 102 valence electrons. The minimum Gasteiger partial charge on any atom is -0.348 e. The molecular formula is C15H20N2O2. The Morgan fingerprint density at radius 1 is 1.05 bits per heavy atom. The molecule has 0 spiro atoms. The third-order valence-electron chi connectivity index (χ3n) is 3.44. The van der Waals surface area contributed by atoms with E-state index >= 15 is 0 Å². The molecule has 0 radical (unpaired) electrons. The van der Waals surface area contributed by atoms with Crippen molar-refractivity contribution in [3.05, 3.63) is 35.9 Å². The lowest BCUT2D eigenvalue weighted by Crippen LogP contribution is -2.44. The van der Waals surface area contributed by atoms with Gasteiger partial charge in [0.25, 0.3) is 0 Å². The molecule has 1 aliphatic carbocycles. The average Bonchev–Trinajstić information content (AvgIpc) is 2.92. The number of carbonyl (C=O) groups excluding carboxylic acids is 2. The van der Waals surface area contributed by atoms with E-state index < -0.39 is 11.8 Å². The molecule has 0 bridgehead atoms. The number of amides is 2. The second kappa shape index (κ2) is 6.92. The van der Waals surface area contributed by atoms with Crippen molar-refractivity contribution in [2.75, 3.05) is 6.54 Å². The molecule has 0 unspecified atom stereocenters. The van der Waals surface area contributed by atoms with E-state index in [1.54, 1.807) is 0 Å². The molecule has 19 heavy (non-hydrogen) atoms. The fourth-order valence-corrected chi connectivity index (χ4v) is 2.37. The van der Waals surface area contributed by atoms with Crippen molar-refractivity contribution in [1.29, 1.82) is 0 Å². The lowest BCUT2D eigenvalue weighted by molar-refractivity contribution is -0.139. The number of nitrogens with one attached hydrogen (secondary N) is 2. The zero-order valence-electron chi connectivity index (χ0n) is 11.0. The Labute approximate surface area is 113 Å². The van der Waals surface area contributed by atoms with Crippen molar-refractivity contribution in [1.82, 2.24) is 10.6 Å². The maximum atomic E-state index is 11.6. The van der Waals surface area contributed by atoms with Crippen LogP contribution >= 0.6 is 0 Å². The summed E-state index contributed by atoms with van der Waals surface area (Å²) in [6.45, 7) is 0.487. The Hall–Kier alpha value is -1.84. The molecule has 2 N–H and O–H groups in total. The smallest absolute Gasteiger partial charge is 0.309 e. The number of rotatable bonds is 4. The van der Waals surface area contributed by atoms with Crippen molar-refractivity contribution in [2.45, 2.75) is 38.1 Å². The zero-order valence-corrected chi connectivity index (χ0v) is 11.0. The molecule has 0 aliphatic heterocycles. The highest BCUT2D eigenvalue weighted by Crippen LogP contribution is 2.17. The van der Waals surface area contributed by atoms with E-state index in [2.05, 4.69) is 10.6 Å². The van der Waals surface area contributed by atoms with Gasteiger partial charge in [-0.1, -0.05) is 43.2 Å². The summed E-state index contributed by atoms with van der Waals surface area (Å²) in [5.41, 5.74) is 1.15. The van der Waals surface area contributed by atoms with Crippen molar-refractivity contribution in [2.24, 2.45) is 0 Å². The van der Waals surface area contributed by atoms with Crippen LogP contribution in [0.4, 0.5) is 0 Å². The third-order valence-corrected chi connectivity index (χ3v) is 3.44. The van der Waals surface area contributed by atoms with Gasteiger partial charge in [0.1, 0.15) is 0 Å². The van der Waals surface area contributed by atoms with Crippen molar-refractivity contribution in [3.8, 4) is 0 Å². The van der Waals surface area contributed by atoms with Crippen LogP contribution in [0, 0.1) is 0 Å². The van der Waals surface area contributed by atoms with Gasteiger partial charge in [-0.15, -0.1) is 0 Å². The lowest BCUT2D eigenvalue weighted by atomic mass is 10.1. The fourth-order valence-electron chi connectivity index (χ4n) is 2.37. The Kier molecular flexibility index (Phi) is 4.95. The summed E-state index contributed by atoms with van der Waals surface area (Å²) in [7, 11) is 0. The summed E-state index contributed by atoms with van der Waals surface area (Å²) in [5.74, 6) is -1.03. The van der Waals surface area contributed by atoms with Crippen molar-refractivity contribution >= 4 is 11.8 Å². The minimum absolute atomic E-state index is 0.187. The quantitative estimate of drug-likeness (QED) is 0.804. The molecule has 4 nitrogen and oxygen atoms in total. The van der Waals surface area contributed by atoms with Gasteiger partial charge in [0.05, 0.1) is 0 Å². The van der Waals surface area contributed by atoms with E-state index in [1.807, 2.05) is 30.3 Å². The van der Waals surface area contributed by atoms with E-state index in [0.717, 1.165) is 37.7 Å². The van der Waals surface area contributed by atoms with Crippen molar-refractivity contribution < 1.29 is 9.59 Å². The zero-order chi connectivity index (χ0) is 13.5. The molecule has 0 heterocycles. The van der Waals surface area contributed by atoms with Crippen LogP contribution in [0.5, 0.6) is 0 Å². The number of benzene rings is 1. The minimum atomic E-state index is -0.525. The van der Waals surface area contributed by atoms with Gasteiger partial charge in [-0.3, -0.25) is 9.59 Å². The van der Waals surface area contributed by atoms with Crippen molar-refractivity contribution in [3.63, 3.8) is 0 Å². The first-order valence-corrected chi connectivity index (χ1v) is 6.88. The highest BCUT2D eigenvalue weighted by Gasteiger charge is 2.20. The van der Waals surface area contributed by atoms with Crippen LogP contribution in [0.25, 0.3) is 0 Å². The number of carbonyl (C=O) groups is 2. The SMILES string of the molecule is O=C(NCCc1ccccc1)C(=O)NC1CCCC1. The van der Waals surface area contributed by atoms with Gasteiger partial charge in [-0.25, -0.2) is 0 Å². The molecule has 1 aromatic carbocycles. The predicted molar refractivity (Wildman–Crippen MR) is 73.6 cm³/mol. The molecule has 2 rings (SSSR count). The van der Waals surface area contributed by atoms with Crippen LogP contribution < -0.4 is 10.6 Å². The molecule has 2 amide bonds. The van der Waals surface area contributed by atoms with Crippen LogP contribution in [-0.4, -0.2) is 24.4 Å². The second-order valence-corrected chi connectivity index (χ2v) is 4.95.